The number of benzene rings is 2. The van der Waals surface area contributed by atoms with Gasteiger partial charge in [-0.05, 0) is 35.7 Å². The summed E-state index contributed by atoms with van der Waals surface area (Å²) in [6, 6.07) is 14.2. The van der Waals surface area contributed by atoms with Crippen LogP contribution in [0.5, 0.6) is 0 Å². The van der Waals surface area contributed by atoms with Gasteiger partial charge >= 0.3 is 0 Å². The molecule has 2 aliphatic rings. The number of fused-ring (bicyclic) bond motifs is 5. The smallest absolute Gasteiger partial charge is 0.177 e. The van der Waals surface area contributed by atoms with Crippen LogP contribution in [0.15, 0.2) is 53.6 Å². The molecule has 2 aromatic carbocycles. The summed E-state index contributed by atoms with van der Waals surface area (Å²) in [7, 11) is 0. The molecule has 0 radical (unpaired) electrons. The van der Waals surface area contributed by atoms with E-state index in [1.165, 1.54) is 0 Å². The van der Waals surface area contributed by atoms with Gasteiger partial charge in [0.05, 0.1) is 31.0 Å². The number of morpholine rings is 1. The highest BCUT2D eigenvalue weighted by Crippen LogP contribution is 2.45. The first-order valence-electron chi connectivity index (χ1n) is 9.08. The first-order chi connectivity index (χ1) is 13.3. The summed E-state index contributed by atoms with van der Waals surface area (Å²) in [5.41, 5.74) is 4.76. The Bertz CT molecular complexity index is 1030. The summed E-state index contributed by atoms with van der Waals surface area (Å²) >= 11 is 1.59. The largest absolute Gasteiger partial charge is 0.379 e. The molecular weight excluding hydrogens is 358 g/mol. The van der Waals surface area contributed by atoms with Gasteiger partial charge in [-0.3, -0.25) is 14.7 Å². The SMILES string of the molecule is O=C(CN1CCOCC1)c1cc2c(c3ncccc13)NSc1ccccc1-2. The zero-order valence-corrected chi connectivity index (χ0v) is 15.6. The van der Waals surface area contributed by atoms with Gasteiger partial charge in [0.25, 0.3) is 0 Å². The lowest BCUT2D eigenvalue weighted by Gasteiger charge is -2.26. The molecule has 0 atom stereocenters. The van der Waals surface area contributed by atoms with Crippen molar-refractivity contribution in [3.05, 3.63) is 54.2 Å². The molecule has 1 saturated heterocycles. The maximum absolute atomic E-state index is 13.2. The summed E-state index contributed by atoms with van der Waals surface area (Å²) in [5.74, 6) is 0.133. The van der Waals surface area contributed by atoms with Gasteiger partial charge in [0, 0.05) is 40.7 Å². The highest BCUT2D eigenvalue weighted by Gasteiger charge is 2.24. The number of pyridine rings is 1. The summed E-state index contributed by atoms with van der Waals surface area (Å²) in [6.45, 7) is 3.39. The molecule has 3 heterocycles. The van der Waals surface area contributed by atoms with Crippen LogP contribution in [0.4, 0.5) is 5.69 Å². The Labute approximate surface area is 161 Å². The first-order valence-corrected chi connectivity index (χ1v) is 9.90. The molecular formula is C21H19N3O2S. The third kappa shape index (κ3) is 3.00. The summed E-state index contributed by atoms with van der Waals surface area (Å²) in [5, 5.41) is 0.905. The van der Waals surface area contributed by atoms with Crippen molar-refractivity contribution in [2.75, 3.05) is 37.6 Å². The minimum atomic E-state index is 0.133. The van der Waals surface area contributed by atoms with Gasteiger partial charge in [-0.1, -0.05) is 24.3 Å². The number of carbonyl (C=O) groups is 1. The quantitative estimate of drug-likeness (QED) is 0.553. The molecule has 1 fully saturated rings. The fourth-order valence-electron chi connectivity index (χ4n) is 3.72. The van der Waals surface area contributed by atoms with E-state index in [-0.39, 0.29) is 5.78 Å². The molecule has 0 saturated carbocycles. The molecule has 6 heteroatoms. The van der Waals surface area contributed by atoms with Crippen LogP contribution in [0.2, 0.25) is 0 Å². The van der Waals surface area contributed by atoms with Gasteiger partial charge in [-0.15, -0.1) is 0 Å². The molecule has 5 nitrogen and oxygen atoms in total. The lowest BCUT2D eigenvalue weighted by Crippen LogP contribution is -2.39. The fraction of sp³-hybridized carbons (Fsp3) is 0.238. The van der Waals surface area contributed by atoms with E-state index in [1.54, 1.807) is 18.1 Å². The first kappa shape index (κ1) is 16.7. The van der Waals surface area contributed by atoms with Gasteiger partial charge in [-0.25, -0.2) is 0 Å². The molecule has 0 aliphatic carbocycles. The summed E-state index contributed by atoms with van der Waals surface area (Å²) in [4.78, 5) is 21.1. The van der Waals surface area contributed by atoms with E-state index in [1.807, 2.05) is 30.3 Å². The number of hydrogen-bond donors (Lipinski definition) is 1. The van der Waals surface area contributed by atoms with Crippen molar-refractivity contribution in [2.45, 2.75) is 4.90 Å². The number of hydrogen-bond acceptors (Lipinski definition) is 6. The van der Waals surface area contributed by atoms with Gasteiger partial charge in [0.1, 0.15) is 0 Å². The molecule has 0 spiro atoms. The average molecular weight is 377 g/mol. The Kier molecular flexibility index (Phi) is 4.32. The molecule has 5 rings (SSSR count). The lowest BCUT2D eigenvalue weighted by molar-refractivity contribution is 0.0371. The summed E-state index contributed by atoms with van der Waals surface area (Å²) in [6.07, 6.45) is 1.78. The van der Waals surface area contributed by atoms with Crippen molar-refractivity contribution < 1.29 is 9.53 Å². The van der Waals surface area contributed by atoms with E-state index in [2.05, 4.69) is 26.7 Å². The van der Waals surface area contributed by atoms with Crippen molar-refractivity contribution in [1.82, 2.24) is 9.88 Å². The molecule has 0 bridgehead atoms. The normalized spacial score (nSPS) is 16.4. The standard InChI is InChI=1S/C21H19N3O2S/c25-18(13-24-8-10-26-11-9-24)16-12-17-14-4-1-2-6-19(14)27-23-21(17)20-15(16)5-3-7-22-20/h1-7,12,23H,8-11,13H2. The average Bonchev–Trinajstić information content (AvgIpc) is 2.73. The van der Waals surface area contributed by atoms with Crippen LogP contribution in [0, 0.1) is 0 Å². The number of aromatic nitrogens is 1. The number of nitrogens with zero attached hydrogens (tertiary/aromatic N) is 2. The van der Waals surface area contributed by atoms with E-state index in [4.69, 9.17) is 4.74 Å². The molecule has 27 heavy (non-hydrogen) atoms. The second-order valence-electron chi connectivity index (χ2n) is 6.76. The second kappa shape index (κ2) is 6.96. The Morgan fingerprint density at radius 1 is 1.15 bits per heavy atom. The van der Waals surface area contributed by atoms with Crippen LogP contribution in [-0.2, 0) is 4.74 Å². The van der Waals surface area contributed by atoms with Crippen molar-refractivity contribution in [3.63, 3.8) is 0 Å². The predicted molar refractivity (Wildman–Crippen MR) is 108 cm³/mol. The third-order valence-electron chi connectivity index (χ3n) is 5.10. The maximum Gasteiger partial charge on any atom is 0.177 e. The Hall–Kier alpha value is -2.41. The zero-order valence-electron chi connectivity index (χ0n) is 14.8. The Morgan fingerprint density at radius 2 is 2.00 bits per heavy atom. The van der Waals surface area contributed by atoms with Crippen LogP contribution in [-0.4, -0.2) is 48.5 Å². The van der Waals surface area contributed by atoms with Crippen molar-refractivity contribution in [3.8, 4) is 11.1 Å². The van der Waals surface area contributed by atoms with E-state index in [9.17, 15) is 4.79 Å². The topological polar surface area (TPSA) is 54.5 Å². The van der Waals surface area contributed by atoms with Crippen LogP contribution in [0.25, 0.3) is 22.0 Å². The highest BCUT2D eigenvalue weighted by molar-refractivity contribution is 8.00. The fourth-order valence-corrected chi connectivity index (χ4v) is 4.58. The van der Waals surface area contributed by atoms with Gasteiger partial charge in [0.15, 0.2) is 5.78 Å². The minimum absolute atomic E-state index is 0.133. The Balaban J connectivity index is 1.64. The number of Topliss-reactive ketones (excluding diaryl/α,β-unsaturated/α-hetero) is 1. The van der Waals surface area contributed by atoms with Crippen LogP contribution < -0.4 is 4.72 Å². The van der Waals surface area contributed by atoms with Crippen LogP contribution >= 0.6 is 11.9 Å². The molecule has 0 amide bonds. The third-order valence-corrected chi connectivity index (χ3v) is 5.99. The number of rotatable bonds is 3. The Morgan fingerprint density at radius 3 is 2.89 bits per heavy atom. The van der Waals surface area contributed by atoms with Gasteiger partial charge in [0.2, 0.25) is 0 Å². The van der Waals surface area contributed by atoms with Crippen LogP contribution in [0.1, 0.15) is 10.4 Å². The van der Waals surface area contributed by atoms with E-state index in [0.717, 1.165) is 51.3 Å². The van der Waals surface area contributed by atoms with Crippen molar-refractivity contribution in [2.24, 2.45) is 0 Å². The van der Waals surface area contributed by atoms with Crippen molar-refractivity contribution in [1.29, 1.82) is 0 Å². The van der Waals surface area contributed by atoms with Gasteiger partial charge in [-0.2, -0.15) is 0 Å². The molecule has 3 aromatic rings. The molecule has 1 N–H and O–H groups in total. The number of anilines is 1. The molecule has 136 valence electrons. The zero-order chi connectivity index (χ0) is 18.2. The lowest BCUT2D eigenvalue weighted by atomic mass is 9.94. The number of ketones is 1. The number of nitrogens with one attached hydrogen (secondary N) is 1. The number of carbonyl (C=O) groups excluding carboxylic acids is 1. The van der Waals surface area contributed by atoms with E-state index < -0.39 is 0 Å². The summed E-state index contributed by atoms with van der Waals surface area (Å²) < 4.78 is 8.82. The second-order valence-corrected chi connectivity index (χ2v) is 7.61. The van der Waals surface area contributed by atoms with Crippen molar-refractivity contribution >= 4 is 34.3 Å². The minimum Gasteiger partial charge on any atom is -0.379 e. The van der Waals surface area contributed by atoms with E-state index in [0.29, 0.717) is 19.8 Å². The van der Waals surface area contributed by atoms with E-state index >= 15 is 0 Å². The molecule has 2 aliphatic heterocycles. The highest BCUT2D eigenvalue weighted by atomic mass is 32.2. The monoisotopic (exact) mass is 377 g/mol. The maximum atomic E-state index is 13.2. The molecule has 0 unspecified atom stereocenters. The predicted octanol–water partition coefficient (Wildman–Crippen LogP) is 3.85. The van der Waals surface area contributed by atoms with Crippen LogP contribution in [0.3, 0.4) is 0 Å². The van der Waals surface area contributed by atoms with Gasteiger partial charge < -0.3 is 9.46 Å². The number of ether oxygens (including phenoxy) is 1. The molecule has 1 aromatic heterocycles.